The summed E-state index contributed by atoms with van der Waals surface area (Å²) in [7, 11) is 0. The lowest BCUT2D eigenvalue weighted by molar-refractivity contribution is 0.0994. The van der Waals surface area contributed by atoms with Gasteiger partial charge in [0.25, 0.3) is 0 Å². The van der Waals surface area contributed by atoms with E-state index < -0.39 is 17.4 Å². The molecule has 2 aromatic carbocycles. The monoisotopic (exact) mass is 287 g/mol. The van der Waals surface area contributed by atoms with Crippen LogP contribution in [0.25, 0.3) is 0 Å². The van der Waals surface area contributed by atoms with Crippen LogP contribution in [0.15, 0.2) is 42.5 Å². The number of rotatable bonds is 3. The second kappa shape index (κ2) is 5.64. The van der Waals surface area contributed by atoms with Gasteiger partial charge in [-0.3, -0.25) is 4.79 Å². The Labute approximate surface area is 122 Å². The molecule has 0 spiro atoms. The van der Waals surface area contributed by atoms with E-state index >= 15 is 0 Å². The molecule has 0 saturated carbocycles. The van der Waals surface area contributed by atoms with Crippen LogP contribution < -0.4 is 4.90 Å². The zero-order chi connectivity index (χ0) is 14.8. The van der Waals surface area contributed by atoms with Crippen molar-refractivity contribution in [1.29, 1.82) is 0 Å². The Morgan fingerprint density at radius 3 is 2.81 bits per heavy atom. The van der Waals surface area contributed by atoms with Crippen molar-refractivity contribution in [2.24, 2.45) is 0 Å². The lowest BCUT2D eigenvalue weighted by Crippen LogP contribution is -2.34. The van der Waals surface area contributed by atoms with Gasteiger partial charge in [-0.25, -0.2) is 8.78 Å². The third-order valence-corrected chi connectivity index (χ3v) is 3.77. The molecule has 0 amide bonds. The van der Waals surface area contributed by atoms with Gasteiger partial charge in [0.2, 0.25) is 0 Å². The van der Waals surface area contributed by atoms with E-state index in [9.17, 15) is 13.6 Å². The zero-order valence-electron chi connectivity index (χ0n) is 11.5. The molecule has 2 aromatic rings. The molecule has 21 heavy (non-hydrogen) atoms. The van der Waals surface area contributed by atoms with E-state index in [1.54, 1.807) is 0 Å². The van der Waals surface area contributed by atoms with Crippen molar-refractivity contribution in [1.82, 2.24) is 0 Å². The molecular formula is C17H15F2NO. The SMILES string of the molecule is O=C(CN1CCCc2ccccc21)c1cc(F)ccc1F. The smallest absolute Gasteiger partial charge is 0.185 e. The van der Waals surface area contributed by atoms with Crippen LogP contribution in [0.5, 0.6) is 0 Å². The number of para-hydroxylation sites is 1. The molecular weight excluding hydrogens is 272 g/mol. The van der Waals surface area contributed by atoms with Crippen LogP contribution in [-0.4, -0.2) is 18.9 Å². The lowest BCUT2D eigenvalue weighted by atomic mass is 10.0. The van der Waals surface area contributed by atoms with Crippen molar-refractivity contribution >= 4 is 11.5 Å². The molecule has 0 atom stereocenters. The molecule has 0 fully saturated rings. The first-order chi connectivity index (χ1) is 10.1. The van der Waals surface area contributed by atoms with E-state index in [1.165, 1.54) is 5.56 Å². The number of halogens is 2. The predicted octanol–water partition coefficient (Wildman–Crippen LogP) is 3.60. The minimum atomic E-state index is -0.674. The second-order valence-electron chi connectivity index (χ2n) is 5.20. The van der Waals surface area contributed by atoms with E-state index in [1.807, 2.05) is 29.2 Å². The number of ketones is 1. The molecule has 0 unspecified atom stereocenters. The predicted molar refractivity (Wildman–Crippen MR) is 77.7 cm³/mol. The molecule has 2 nitrogen and oxygen atoms in total. The number of anilines is 1. The topological polar surface area (TPSA) is 20.3 Å². The number of carbonyl (C=O) groups excluding carboxylic acids is 1. The second-order valence-corrected chi connectivity index (χ2v) is 5.20. The number of aryl methyl sites for hydroxylation is 1. The summed E-state index contributed by atoms with van der Waals surface area (Å²) in [6, 6.07) is 10.9. The summed E-state index contributed by atoms with van der Waals surface area (Å²) in [5.41, 5.74) is 2.02. The van der Waals surface area contributed by atoms with E-state index in [2.05, 4.69) is 0 Å². The van der Waals surface area contributed by atoms with Crippen LogP contribution in [0.1, 0.15) is 22.3 Å². The largest absolute Gasteiger partial charge is 0.364 e. The van der Waals surface area contributed by atoms with Crippen molar-refractivity contribution in [3.05, 3.63) is 65.2 Å². The number of benzene rings is 2. The van der Waals surface area contributed by atoms with Crippen molar-refractivity contribution in [3.63, 3.8) is 0 Å². The van der Waals surface area contributed by atoms with Crippen LogP contribution in [0.3, 0.4) is 0 Å². The molecule has 3 rings (SSSR count). The zero-order valence-corrected chi connectivity index (χ0v) is 11.5. The number of nitrogens with zero attached hydrogens (tertiary/aromatic N) is 1. The lowest BCUT2D eigenvalue weighted by Gasteiger charge is -2.30. The van der Waals surface area contributed by atoms with Gasteiger partial charge in [-0.1, -0.05) is 18.2 Å². The van der Waals surface area contributed by atoms with Crippen molar-refractivity contribution in [2.45, 2.75) is 12.8 Å². The summed E-state index contributed by atoms with van der Waals surface area (Å²) in [5.74, 6) is -1.67. The van der Waals surface area contributed by atoms with Gasteiger partial charge in [-0.05, 0) is 42.7 Å². The number of fused-ring (bicyclic) bond motifs is 1. The van der Waals surface area contributed by atoms with Gasteiger partial charge >= 0.3 is 0 Å². The first kappa shape index (κ1) is 13.7. The molecule has 4 heteroatoms. The summed E-state index contributed by atoms with van der Waals surface area (Å²) in [5, 5.41) is 0. The van der Waals surface area contributed by atoms with E-state index in [4.69, 9.17) is 0 Å². The Balaban J connectivity index is 1.84. The molecule has 1 heterocycles. The molecule has 0 aromatic heterocycles. The molecule has 0 bridgehead atoms. The Bertz CT molecular complexity index is 684. The van der Waals surface area contributed by atoms with Crippen LogP contribution in [-0.2, 0) is 6.42 Å². The number of Topliss-reactive ketones (excluding diaryl/α,β-unsaturated/α-hetero) is 1. The van der Waals surface area contributed by atoms with Gasteiger partial charge in [0, 0.05) is 12.2 Å². The first-order valence-corrected chi connectivity index (χ1v) is 6.96. The van der Waals surface area contributed by atoms with E-state index in [0.29, 0.717) is 0 Å². The highest BCUT2D eigenvalue weighted by Gasteiger charge is 2.21. The van der Waals surface area contributed by atoms with E-state index in [0.717, 1.165) is 43.3 Å². The van der Waals surface area contributed by atoms with Gasteiger partial charge in [0.15, 0.2) is 5.78 Å². The number of carbonyl (C=O) groups is 1. The standard InChI is InChI=1S/C17H15F2NO/c18-13-7-8-15(19)14(10-13)17(21)11-20-9-3-5-12-4-1-2-6-16(12)20/h1-2,4,6-8,10H,3,5,9,11H2. The van der Waals surface area contributed by atoms with E-state index in [-0.39, 0.29) is 12.1 Å². The molecule has 0 N–H and O–H groups in total. The average molecular weight is 287 g/mol. The van der Waals surface area contributed by atoms with Crippen LogP contribution in [0.4, 0.5) is 14.5 Å². The van der Waals surface area contributed by atoms with Gasteiger partial charge in [-0.2, -0.15) is 0 Å². The van der Waals surface area contributed by atoms with Crippen molar-refractivity contribution in [3.8, 4) is 0 Å². The normalized spacial score (nSPS) is 13.9. The maximum atomic E-state index is 13.7. The molecule has 108 valence electrons. The third kappa shape index (κ3) is 2.79. The van der Waals surface area contributed by atoms with Crippen molar-refractivity contribution < 1.29 is 13.6 Å². The van der Waals surface area contributed by atoms with Gasteiger partial charge in [0.05, 0.1) is 12.1 Å². The fourth-order valence-corrected chi connectivity index (χ4v) is 2.75. The Hall–Kier alpha value is -2.23. The van der Waals surface area contributed by atoms with Gasteiger partial charge in [-0.15, -0.1) is 0 Å². The van der Waals surface area contributed by atoms with Gasteiger partial charge in [0.1, 0.15) is 11.6 Å². The summed E-state index contributed by atoms with van der Waals surface area (Å²) in [6.45, 7) is 0.817. The summed E-state index contributed by atoms with van der Waals surface area (Å²) >= 11 is 0. The fourth-order valence-electron chi connectivity index (χ4n) is 2.75. The first-order valence-electron chi connectivity index (χ1n) is 6.96. The molecule has 0 aliphatic carbocycles. The molecule has 0 radical (unpaired) electrons. The van der Waals surface area contributed by atoms with Crippen LogP contribution >= 0.6 is 0 Å². The highest BCUT2D eigenvalue weighted by atomic mass is 19.1. The fraction of sp³-hybridized carbons (Fsp3) is 0.235. The highest BCUT2D eigenvalue weighted by molar-refractivity contribution is 5.99. The minimum absolute atomic E-state index is 0.0669. The molecule has 0 saturated heterocycles. The van der Waals surface area contributed by atoms with Crippen LogP contribution in [0.2, 0.25) is 0 Å². The summed E-state index contributed by atoms with van der Waals surface area (Å²) < 4.78 is 26.9. The number of hydrogen-bond donors (Lipinski definition) is 0. The summed E-state index contributed by atoms with van der Waals surface area (Å²) in [6.07, 6.45) is 1.94. The Morgan fingerprint density at radius 2 is 1.95 bits per heavy atom. The minimum Gasteiger partial charge on any atom is -0.364 e. The number of hydrogen-bond acceptors (Lipinski definition) is 2. The maximum Gasteiger partial charge on any atom is 0.185 e. The molecule has 1 aliphatic heterocycles. The Kier molecular flexibility index (Phi) is 3.69. The quantitative estimate of drug-likeness (QED) is 0.804. The molecule has 1 aliphatic rings. The Morgan fingerprint density at radius 1 is 1.14 bits per heavy atom. The third-order valence-electron chi connectivity index (χ3n) is 3.77. The van der Waals surface area contributed by atoms with Gasteiger partial charge < -0.3 is 4.90 Å². The summed E-state index contributed by atoms with van der Waals surface area (Å²) in [4.78, 5) is 14.2. The maximum absolute atomic E-state index is 13.7. The average Bonchev–Trinajstić information content (AvgIpc) is 2.50. The van der Waals surface area contributed by atoms with Crippen LogP contribution in [0, 0.1) is 11.6 Å². The highest BCUT2D eigenvalue weighted by Crippen LogP contribution is 2.26. The van der Waals surface area contributed by atoms with Crippen molar-refractivity contribution in [2.75, 3.05) is 18.0 Å².